The summed E-state index contributed by atoms with van der Waals surface area (Å²) in [6.07, 6.45) is -13.3. The third-order valence-electron chi connectivity index (χ3n) is 5.34. The van der Waals surface area contributed by atoms with Crippen LogP contribution in [-0.4, -0.2) is 101 Å². The maximum atomic E-state index is 11.9. The number of ether oxygens (including phenoxy) is 2. The number of H-pyrrole nitrogens is 1. The highest BCUT2D eigenvalue weighted by Crippen LogP contribution is 2.32. The van der Waals surface area contributed by atoms with E-state index in [9.17, 15) is 45.0 Å². The van der Waals surface area contributed by atoms with Crippen molar-refractivity contribution in [2.45, 2.75) is 74.6 Å². The molecular weight excluding hydrogens is 422 g/mol. The van der Waals surface area contributed by atoms with Crippen LogP contribution in [-0.2, 0) is 14.3 Å². The summed E-state index contributed by atoms with van der Waals surface area (Å²) < 4.78 is 11.5. The van der Waals surface area contributed by atoms with Gasteiger partial charge < -0.3 is 45.4 Å². The molecule has 0 spiro atoms. The maximum Gasteiger partial charge on any atom is 0.330 e. The number of hydrogen-bond donors (Lipinski definition) is 8. The number of rotatable bonds is 5. The summed E-state index contributed by atoms with van der Waals surface area (Å²) >= 11 is 0. The highest BCUT2D eigenvalue weighted by Gasteiger charge is 2.50. The number of aliphatic hydroxyl groups is 6. The first-order valence-corrected chi connectivity index (χ1v) is 9.49. The van der Waals surface area contributed by atoms with Crippen molar-refractivity contribution in [1.82, 2.24) is 14.9 Å². The van der Waals surface area contributed by atoms with E-state index >= 15 is 0 Å². The lowest BCUT2D eigenvalue weighted by atomic mass is 9.91. The molecule has 2 saturated heterocycles. The van der Waals surface area contributed by atoms with Crippen LogP contribution in [0.2, 0.25) is 0 Å². The molecule has 14 heteroatoms. The van der Waals surface area contributed by atoms with Crippen molar-refractivity contribution in [3.05, 3.63) is 33.1 Å². The van der Waals surface area contributed by atoms with Crippen molar-refractivity contribution < 1.29 is 44.9 Å². The van der Waals surface area contributed by atoms with Gasteiger partial charge >= 0.3 is 5.69 Å². The summed E-state index contributed by atoms with van der Waals surface area (Å²) in [5.74, 6) is -0.572. The molecule has 1 aromatic heterocycles. The Morgan fingerprint density at radius 2 is 1.81 bits per heavy atom. The molecule has 0 saturated carbocycles. The molecule has 2 unspecified atom stereocenters. The fourth-order valence-corrected chi connectivity index (χ4v) is 3.76. The number of nitrogens with zero attached hydrogens (tertiary/aromatic N) is 1. The summed E-state index contributed by atoms with van der Waals surface area (Å²) in [7, 11) is 0. The molecule has 1 amide bonds. The quantitative estimate of drug-likeness (QED) is 0.213. The predicted octanol–water partition coefficient (Wildman–Crippen LogP) is -5.15. The van der Waals surface area contributed by atoms with E-state index < -0.39 is 84.9 Å². The van der Waals surface area contributed by atoms with E-state index in [0.717, 1.165) is 23.8 Å². The van der Waals surface area contributed by atoms with Crippen molar-refractivity contribution in [3.8, 4) is 0 Å². The van der Waals surface area contributed by atoms with E-state index in [0.29, 0.717) is 0 Å². The fraction of sp³-hybridized carbons (Fsp3) is 0.706. The van der Waals surface area contributed by atoms with E-state index in [-0.39, 0.29) is 0 Å². The van der Waals surface area contributed by atoms with Gasteiger partial charge in [0.05, 0.1) is 12.2 Å². The molecule has 0 aromatic carbocycles. The topological polar surface area (TPSA) is 224 Å². The van der Waals surface area contributed by atoms with Crippen LogP contribution in [0, 0.1) is 0 Å². The largest absolute Gasteiger partial charge is 0.390 e. The Morgan fingerprint density at radius 3 is 2.42 bits per heavy atom. The molecule has 174 valence electrons. The summed E-state index contributed by atoms with van der Waals surface area (Å²) in [6, 6.07) is -0.291. The van der Waals surface area contributed by atoms with Crippen molar-refractivity contribution in [2.24, 2.45) is 0 Å². The lowest BCUT2D eigenvalue weighted by Crippen LogP contribution is -2.63. The number of amides is 1. The molecule has 10 atom stereocenters. The summed E-state index contributed by atoms with van der Waals surface area (Å²) in [5, 5.41) is 63.7. The molecular formula is C17H25N3O11. The highest BCUT2D eigenvalue weighted by molar-refractivity contribution is 5.73. The van der Waals surface area contributed by atoms with Gasteiger partial charge in [0.1, 0.15) is 36.6 Å². The molecule has 0 radical (unpaired) electrons. The van der Waals surface area contributed by atoms with Gasteiger partial charge in [0.15, 0.2) is 12.5 Å². The molecule has 1 aromatic rings. The Morgan fingerprint density at radius 1 is 1.13 bits per heavy atom. The molecule has 2 fully saturated rings. The minimum Gasteiger partial charge on any atom is -0.390 e. The predicted molar refractivity (Wildman–Crippen MR) is 98.4 cm³/mol. The van der Waals surface area contributed by atoms with Crippen LogP contribution in [0.4, 0.5) is 0 Å². The number of carbonyl (C=O) groups excluding carboxylic acids is 1. The molecule has 3 rings (SSSR count). The molecule has 8 N–H and O–H groups in total. The minimum absolute atomic E-state index is 0.441. The first-order chi connectivity index (χ1) is 14.5. The molecule has 14 nitrogen and oxygen atoms in total. The summed E-state index contributed by atoms with van der Waals surface area (Å²) in [5.41, 5.74) is -1.58. The zero-order chi connectivity index (χ0) is 23.0. The van der Waals surface area contributed by atoms with Crippen LogP contribution in [0.1, 0.15) is 19.6 Å². The smallest absolute Gasteiger partial charge is 0.330 e. The second kappa shape index (κ2) is 9.13. The molecule has 0 aliphatic carbocycles. The average molecular weight is 447 g/mol. The van der Waals surface area contributed by atoms with E-state index in [2.05, 4.69) is 5.32 Å². The van der Waals surface area contributed by atoms with Gasteiger partial charge in [-0.1, -0.05) is 0 Å². The van der Waals surface area contributed by atoms with Gasteiger partial charge in [-0.15, -0.1) is 0 Å². The second-order valence-electron chi connectivity index (χ2n) is 7.57. The Bertz CT molecular complexity index is 904. The van der Waals surface area contributed by atoms with Crippen LogP contribution >= 0.6 is 0 Å². The van der Waals surface area contributed by atoms with Gasteiger partial charge in [0.25, 0.3) is 5.56 Å². The van der Waals surface area contributed by atoms with Crippen LogP contribution in [0.5, 0.6) is 0 Å². The average Bonchev–Trinajstić information content (AvgIpc) is 2.98. The number of aliphatic hydroxyl groups excluding tert-OH is 6. The Kier molecular flexibility index (Phi) is 6.92. The zero-order valence-corrected chi connectivity index (χ0v) is 16.3. The van der Waals surface area contributed by atoms with Gasteiger partial charge in [-0.2, -0.15) is 0 Å². The van der Waals surface area contributed by atoms with Gasteiger partial charge in [-0.05, 0) is 0 Å². The first-order valence-electron chi connectivity index (χ1n) is 9.49. The van der Waals surface area contributed by atoms with Crippen LogP contribution in [0.3, 0.4) is 0 Å². The molecule has 0 bridgehead atoms. The first kappa shape index (κ1) is 23.5. The summed E-state index contributed by atoms with van der Waals surface area (Å²) in [4.78, 5) is 36.3. The van der Waals surface area contributed by atoms with Crippen LogP contribution in [0.25, 0.3) is 0 Å². The number of aromatic amines is 1. The normalized spacial score (nSPS) is 39.3. The highest BCUT2D eigenvalue weighted by atomic mass is 16.6. The van der Waals surface area contributed by atoms with Crippen molar-refractivity contribution in [1.29, 1.82) is 0 Å². The molecule has 2 aliphatic heterocycles. The number of hydrogen-bond acceptors (Lipinski definition) is 11. The Hall–Kier alpha value is -2.17. The standard InChI is InChI=1S/C17H25N3O11/c1-5(21)18-9-11(25)10(24)7(30-16(9)28)4-6(22)14-12(26)13(27)15(31-14)20-3-2-8(23)19-17(20)29/h2-3,6-7,9-16,22,24-28H,4H2,1H3,(H,18,21)(H,19,23,29)/t6?,7-,9-,10+,11-,12+,13-,14-,15-,16?/m1/s1. The monoisotopic (exact) mass is 447 g/mol. The van der Waals surface area contributed by atoms with E-state index in [1.807, 2.05) is 4.98 Å². The third-order valence-corrected chi connectivity index (χ3v) is 5.34. The third kappa shape index (κ3) is 4.70. The number of aromatic nitrogens is 2. The minimum atomic E-state index is -1.69. The summed E-state index contributed by atoms with van der Waals surface area (Å²) in [6.45, 7) is 1.15. The fourth-order valence-electron chi connectivity index (χ4n) is 3.76. The van der Waals surface area contributed by atoms with Gasteiger partial charge in [-0.3, -0.25) is 19.1 Å². The zero-order valence-electron chi connectivity index (χ0n) is 16.3. The number of carbonyl (C=O) groups is 1. The maximum absolute atomic E-state index is 11.9. The van der Waals surface area contributed by atoms with E-state index in [1.165, 1.54) is 0 Å². The SMILES string of the molecule is CC(=O)N[C@H]1C(O)O[C@H](CC(O)[C@H]2O[C@@H](n3ccc(=O)[nH]c3=O)[C@H](O)[C@@H]2O)[C@H](O)[C@@H]1O. The second-order valence-corrected chi connectivity index (χ2v) is 7.57. The lowest BCUT2D eigenvalue weighted by Gasteiger charge is -2.41. The van der Waals surface area contributed by atoms with Crippen LogP contribution < -0.4 is 16.6 Å². The van der Waals surface area contributed by atoms with Crippen molar-refractivity contribution in [2.75, 3.05) is 0 Å². The molecule has 2 aliphatic rings. The molecule has 3 heterocycles. The Balaban J connectivity index is 1.70. The molecule has 31 heavy (non-hydrogen) atoms. The van der Waals surface area contributed by atoms with E-state index in [4.69, 9.17) is 9.47 Å². The van der Waals surface area contributed by atoms with Crippen molar-refractivity contribution >= 4 is 5.91 Å². The lowest BCUT2D eigenvalue weighted by molar-refractivity contribution is -0.255. The van der Waals surface area contributed by atoms with Crippen LogP contribution in [0.15, 0.2) is 21.9 Å². The van der Waals surface area contributed by atoms with Gasteiger partial charge in [-0.25, -0.2) is 4.79 Å². The number of nitrogens with one attached hydrogen (secondary N) is 2. The van der Waals surface area contributed by atoms with Gasteiger partial charge in [0.2, 0.25) is 5.91 Å². The van der Waals surface area contributed by atoms with Gasteiger partial charge in [0, 0.05) is 25.6 Å². The Labute approximate surface area is 174 Å². The van der Waals surface area contributed by atoms with Crippen molar-refractivity contribution in [3.63, 3.8) is 0 Å². The van der Waals surface area contributed by atoms with E-state index in [1.54, 1.807) is 0 Å².